The van der Waals surface area contributed by atoms with Gasteiger partial charge in [0.25, 0.3) is 5.91 Å². The molecule has 1 amide bonds. The van der Waals surface area contributed by atoms with Gasteiger partial charge in [-0.1, -0.05) is 18.2 Å². The molecule has 0 saturated heterocycles. The zero-order valence-corrected chi connectivity index (χ0v) is 12.7. The molecular formula is C17H15N3O3. The molecule has 0 aromatic heterocycles. The fourth-order valence-electron chi connectivity index (χ4n) is 1.86. The number of benzene rings is 2. The molecule has 0 spiro atoms. The Morgan fingerprint density at radius 1 is 1.04 bits per heavy atom. The van der Waals surface area contributed by atoms with E-state index >= 15 is 0 Å². The number of ether oxygens (including phenoxy) is 2. The van der Waals surface area contributed by atoms with Crippen LogP contribution in [0.1, 0.15) is 15.9 Å². The summed E-state index contributed by atoms with van der Waals surface area (Å²) in [5.41, 5.74) is 3.39. The zero-order valence-electron chi connectivity index (χ0n) is 12.7. The number of carbonyl (C=O) groups is 1. The molecular weight excluding hydrogens is 294 g/mol. The highest BCUT2D eigenvalue weighted by molar-refractivity contribution is 6.12. The summed E-state index contributed by atoms with van der Waals surface area (Å²) in [7, 11) is 3.05. The fourth-order valence-corrected chi connectivity index (χ4v) is 1.86. The van der Waals surface area contributed by atoms with Crippen molar-refractivity contribution < 1.29 is 14.3 Å². The van der Waals surface area contributed by atoms with Crippen molar-refractivity contribution in [3.8, 4) is 17.6 Å². The van der Waals surface area contributed by atoms with Crippen LogP contribution in [0.3, 0.4) is 0 Å². The normalized spacial score (nSPS) is 10.6. The van der Waals surface area contributed by atoms with Gasteiger partial charge in [0.1, 0.15) is 17.6 Å². The minimum absolute atomic E-state index is 0.0835. The summed E-state index contributed by atoms with van der Waals surface area (Å²) in [5.74, 6) is 0.735. The summed E-state index contributed by atoms with van der Waals surface area (Å²) >= 11 is 0. The Labute approximate surface area is 134 Å². The quantitative estimate of drug-likeness (QED) is 0.679. The van der Waals surface area contributed by atoms with E-state index < -0.39 is 5.91 Å². The van der Waals surface area contributed by atoms with Gasteiger partial charge in [-0.2, -0.15) is 10.4 Å². The van der Waals surface area contributed by atoms with Gasteiger partial charge in [0.15, 0.2) is 5.71 Å². The van der Waals surface area contributed by atoms with Gasteiger partial charge in [-0.25, -0.2) is 5.43 Å². The molecule has 2 aromatic rings. The summed E-state index contributed by atoms with van der Waals surface area (Å²) in [4.78, 5) is 12.1. The second-order valence-electron chi connectivity index (χ2n) is 4.48. The molecule has 0 aliphatic carbocycles. The number of nitrogens with zero attached hydrogens (tertiary/aromatic N) is 2. The molecule has 0 heterocycles. The van der Waals surface area contributed by atoms with Crippen molar-refractivity contribution in [1.82, 2.24) is 5.43 Å². The number of rotatable bonds is 5. The number of nitrogens with one attached hydrogen (secondary N) is 1. The van der Waals surface area contributed by atoms with Crippen LogP contribution in [-0.4, -0.2) is 25.8 Å². The molecule has 0 aliphatic rings. The van der Waals surface area contributed by atoms with E-state index in [-0.39, 0.29) is 5.71 Å². The van der Waals surface area contributed by atoms with Crippen LogP contribution >= 0.6 is 0 Å². The molecule has 116 valence electrons. The van der Waals surface area contributed by atoms with Gasteiger partial charge in [0.2, 0.25) is 0 Å². The summed E-state index contributed by atoms with van der Waals surface area (Å²) in [5, 5.41) is 13.1. The van der Waals surface area contributed by atoms with E-state index in [0.29, 0.717) is 22.6 Å². The Morgan fingerprint density at radius 2 is 1.61 bits per heavy atom. The molecule has 1 N–H and O–H groups in total. The van der Waals surface area contributed by atoms with Gasteiger partial charge < -0.3 is 9.47 Å². The monoisotopic (exact) mass is 309 g/mol. The van der Waals surface area contributed by atoms with E-state index in [0.717, 1.165) is 0 Å². The highest BCUT2D eigenvalue weighted by Crippen LogP contribution is 2.14. The van der Waals surface area contributed by atoms with E-state index in [9.17, 15) is 10.1 Å². The lowest BCUT2D eigenvalue weighted by Gasteiger charge is -2.05. The minimum atomic E-state index is -0.431. The van der Waals surface area contributed by atoms with E-state index in [4.69, 9.17) is 9.47 Å². The second-order valence-corrected chi connectivity index (χ2v) is 4.48. The molecule has 6 heteroatoms. The third kappa shape index (κ3) is 4.08. The average molecular weight is 309 g/mol. The third-order valence-corrected chi connectivity index (χ3v) is 3.05. The first-order valence-corrected chi connectivity index (χ1v) is 6.74. The van der Waals surface area contributed by atoms with Crippen molar-refractivity contribution in [3.63, 3.8) is 0 Å². The Balaban J connectivity index is 2.18. The van der Waals surface area contributed by atoms with Gasteiger partial charge in [0, 0.05) is 11.1 Å². The van der Waals surface area contributed by atoms with Crippen LogP contribution < -0.4 is 14.9 Å². The predicted molar refractivity (Wildman–Crippen MR) is 85.6 cm³/mol. The van der Waals surface area contributed by atoms with Crippen molar-refractivity contribution in [2.24, 2.45) is 5.10 Å². The molecule has 0 atom stereocenters. The van der Waals surface area contributed by atoms with Crippen LogP contribution in [0.2, 0.25) is 0 Å². The predicted octanol–water partition coefficient (Wildman–Crippen LogP) is 2.36. The molecule has 6 nitrogen and oxygen atoms in total. The SMILES string of the molecule is COc1cccc(C(=O)N/N=C(\C#N)c2cccc(OC)c2)c1. The Morgan fingerprint density at radius 3 is 2.17 bits per heavy atom. The number of hydrogen-bond acceptors (Lipinski definition) is 5. The van der Waals surface area contributed by atoms with Crippen LogP contribution in [0, 0.1) is 11.3 Å². The van der Waals surface area contributed by atoms with Crippen molar-refractivity contribution in [2.75, 3.05) is 14.2 Å². The second kappa shape index (κ2) is 7.61. The maximum Gasteiger partial charge on any atom is 0.271 e. The maximum absolute atomic E-state index is 12.1. The first kappa shape index (κ1) is 16.0. The van der Waals surface area contributed by atoms with Gasteiger partial charge in [0.05, 0.1) is 14.2 Å². The number of carbonyl (C=O) groups excluding carboxylic acids is 1. The lowest BCUT2D eigenvalue weighted by molar-refractivity contribution is 0.0954. The van der Waals surface area contributed by atoms with E-state index in [1.165, 1.54) is 14.2 Å². The van der Waals surface area contributed by atoms with Gasteiger partial charge in [-0.05, 0) is 30.3 Å². The number of hydrogen-bond donors (Lipinski definition) is 1. The van der Waals surface area contributed by atoms with Crippen LogP contribution in [0.5, 0.6) is 11.5 Å². The molecule has 23 heavy (non-hydrogen) atoms. The average Bonchev–Trinajstić information content (AvgIpc) is 2.62. The maximum atomic E-state index is 12.1. The first-order chi connectivity index (χ1) is 11.2. The van der Waals surface area contributed by atoms with E-state index in [1.54, 1.807) is 48.5 Å². The molecule has 0 fully saturated rings. The molecule has 0 saturated carbocycles. The highest BCUT2D eigenvalue weighted by Gasteiger charge is 2.08. The lowest BCUT2D eigenvalue weighted by atomic mass is 10.1. The number of nitriles is 1. The largest absolute Gasteiger partial charge is 0.497 e. The Kier molecular flexibility index (Phi) is 5.31. The van der Waals surface area contributed by atoms with Crippen LogP contribution in [0.25, 0.3) is 0 Å². The Hall–Kier alpha value is -3.33. The number of hydrazone groups is 1. The van der Waals surface area contributed by atoms with Crippen LogP contribution in [0.15, 0.2) is 53.6 Å². The van der Waals surface area contributed by atoms with E-state index in [1.807, 2.05) is 6.07 Å². The minimum Gasteiger partial charge on any atom is -0.497 e. The summed E-state index contributed by atoms with van der Waals surface area (Å²) in [6.45, 7) is 0. The molecule has 0 radical (unpaired) electrons. The lowest BCUT2D eigenvalue weighted by Crippen LogP contribution is -2.19. The first-order valence-electron chi connectivity index (χ1n) is 6.74. The van der Waals surface area contributed by atoms with Crippen molar-refractivity contribution >= 4 is 11.6 Å². The fraction of sp³-hybridized carbons (Fsp3) is 0.118. The summed E-state index contributed by atoms with van der Waals surface area (Å²) in [6.07, 6.45) is 0. The molecule has 0 unspecified atom stereocenters. The van der Waals surface area contributed by atoms with Crippen molar-refractivity contribution in [3.05, 3.63) is 59.7 Å². The molecule has 0 bridgehead atoms. The summed E-state index contributed by atoms with van der Waals surface area (Å²) in [6, 6.07) is 15.5. The van der Waals surface area contributed by atoms with Crippen LogP contribution in [-0.2, 0) is 0 Å². The highest BCUT2D eigenvalue weighted by atomic mass is 16.5. The number of amides is 1. The molecule has 2 rings (SSSR count). The number of methoxy groups -OCH3 is 2. The molecule has 0 aliphatic heterocycles. The van der Waals surface area contributed by atoms with Crippen molar-refractivity contribution in [1.29, 1.82) is 5.26 Å². The topological polar surface area (TPSA) is 83.7 Å². The Bertz CT molecular complexity index is 779. The van der Waals surface area contributed by atoms with E-state index in [2.05, 4.69) is 10.5 Å². The van der Waals surface area contributed by atoms with Crippen LogP contribution in [0.4, 0.5) is 0 Å². The van der Waals surface area contributed by atoms with Gasteiger partial charge >= 0.3 is 0 Å². The van der Waals surface area contributed by atoms with Gasteiger partial charge in [-0.15, -0.1) is 0 Å². The smallest absolute Gasteiger partial charge is 0.271 e. The third-order valence-electron chi connectivity index (χ3n) is 3.05. The van der Waals surface area contributed by atoms with Gasteiger partial charge in [-0.3, -0.25) is 4.79 Å². The zero-order chi connectivity index (χ0) is 16.7. The molecule has 2 aromatic carbocycles. The standard InChI is InChI=1S/C17H15N3O3/c1-22-14-7-3-5-12(9-14)16(11-18)19-20-17(21)13-6-4-8-15(10-13)23-2/h3-10H,1-2H3,(H,20,21)/b19-16+. The van der Waals surface area contributed by atoms with Crippen molar-refractivity contribution in [2.45, 2.75) is 0 Å². The summed E-state index contributed by atoms with van der Waals surface area (Å²) < 4.78 is 10.2.